The lowest BCUT2D eigenvalue weighted by Crippen LogP contribution is -2.12. The first kappa shape index (κ1) is 24.9. The molecule has 1 atom stereocenters. The van der Waals surface area contributed by atoms with E-state index in [0.717, 1.165) is 32.1 Å². The third-order valence-corrected chi connectivity index (χ3v) is 3.61. The van der Waals surface area contributed by atoms with Gasteiger partial charge in [-0.3, -0.25) is 9.59 Å². The molecule has 0 aromatic heterocycles. The summed E-state index contributed by atoms with van der Waals surface area (Å²) in [5.74, 6) is -1.81. The minimum Gasteiger partial charge on any atom is -0.481 e. The molecule has 4 nitrogen and oxygen atoms in total. The Labute approximate surface area is 148 Å². The zero-order valence-corrected chi connectivity index (χ0v) is 16.5. The van der Waals surface area contributed by atoms with E-state index in [9.17, 15) is 9.59 Å². The number of hydrogen-bond acceptors (Lipinski definition) is 2. The van der Waals surface area contributed by atoms with Gasteiger partial charge in [-0.15, -0.1) is 6.58 Å². The number of carboxylic acids is 2. The normalized spacial score (nSPS) is 12.8. The minimum absolute atomic E-state index is 0.296. The molecule has 0 radical (unpaired) electrons. The Morgan fingerprint density at radius 3 is 1.71 bits per heavy atom. The van der Waals surface area contributed by atoms with Crippen LogP contribution in [0.2, 0.25) is 0 Å². The molecule has 0 rings (SSSR count). The van der Waals surface area contributed by atoms with Crippen LogP contribution in [-0.2, 0) is 9.59 Å². The highest BCUT2D eigenvalue weighted by molar-refractivity contribution is 5.71. The van der Waals surface area contributed by atoms with Crippen molar-refractivity contribution in [2.75, 3.05) is 0 Å². The summed E-state index contributed by atoms with van der Waals surface area (Å²) >= 11 is 0. The van der Waals surface area contributed by atoms with Crippen molar-refractivity contribution in [1.82, 2.24) is 0 Å². The number of rotatable bonds is 9. The van der Waals surface area contributed by atoms with Gasteiger partial charge in [0.15, 0.2) is 0 Å². The molecular formula is C20H38O4. The van der Waals surface area contributed by atoms with Crippen LogP contribution in [0.5, 0.6) is 0 Å². The molecule has 0 aliphatic carbocycles. The second-order valence-corrected chi connectivity index (χ2v) is 8.79. The maximum absolute atomic E-state index is 10.6. The molecule has 0 amide bonds. The van der Waals surface area contributed by atoms with Crippen LogP contribution in [0.15, 0.2) is 12.7 Å². The van der Waals surface area contributed by atoms with Gasteiger partial charge in [0.25, 0.3) is 0 Å². The zero-order valence-electron chi connectivity index (χ0n) is 16.5. The summed E-state index contributed by atoms with van der Waals surface area (Å²) in [5, 5.41) is 17.1. The lowest BCUT2D eigenvalue weighted by Gasteiger charge is -2.18. The second-order valence-electron chi connectivity index (χ2n) is 8.79. The van der Waals surface area contributed by atoms with Gasteiger partial charge in [-0.1, -0.05) is 60.5 Å². The highest BCUT2D eigenvalue weighted by Crippen LogP contribution is 2.23. The number of unbranched alkanes of at least 4 members (excludes halogenated alkanes) is 1. The quantitative estimate of drug-likeness (QED) is 0.412. The average Bonchev–Trinajstić information content (AvgIpc) is 2.38. The topological polar surface area (TPSA) is 74.6 Å². The van der Waals surface area contributed by atoms with Gasteiger partial charge in [0.1, 0.15) is 0 Å². The summed E-state index contributed by atoms with van der Waals surface area (Å²) in [6, 6.07) is 0. The first-order valence-corrected chi connectivity index (χ1v) is 8.85. The van der Waals surface area contributed by atoms with Gasteiger partial charge in [-0.05, 0) is 36.5 Å². The Morgan fingerprint density at radius 2 is 1.38 bits per heavy atom. The van der Waals surface area contributed by atoms with E-state index in [2.05, 4.69) is 48.1 Å². The number of aliphatic carboxylic acids is 2. The SMILES string of the molecule is C=CC(CCCC(C)(C)C)C(=O)O.CC(C)(C)CCCCC(=O)O. The number of carbonyl (C=O) groups is 2. The van der Waals surface area contributed by atoms with E-state index in [1.165, 1.54) is 6.08 Å². The molecule has 142 valence electrons. The predicted octanol–water partition coefficient (Wildman–Crippen LogP) is 5.77. The van der Waals surface area contributed by atoms with E-state index in [1.807, 2.05) is 0 Å². The number of carboxylic acid groups (broad SMARTS) is 2. The summed E-state index contributed by atoms with van der Waals surface area (Å²) in [4.78, 5) is 20.7. The molecule has 2 N–H and O–H groups in total. The maximum atomic E-state index is 10.6. The lowest BCUT2D eigenvalue weighted by atomic mass is 9.88. The average molecular weight is 343 g/mol. The molecule has 0 bridgehead atoms. The van der Waals surface area contributed by atoms with Gasteiger partial charge >= 0.3 is 11.9 Å². The Hall–Kier alpha value is -1.32. The van der Waals surface area contributed by atoms with Crippen LogP contribution in [0.4, 0.5) is 0 Å². The minimum atomic E-state index is -0.760. The fourth-order valence-electron chi connectivity index (χ4n) is 2.13. The monoisotopic (exact) mass is 342 g/mol. The van der Waals surface area contributed by atoms with E-state index in [1.54, 1.807) is 0 Å². The third kappa shape index (κ3) is 20.7. The van der Waals surface area contributed by atoms with Crippen LogP contribution in [-0.4, -0.2) is 22.2 Å². The van der Waals surface area contributed by atoms with E-state index < -0.39 is 11.9 Å². The van der Waals surface area contributed by atoms with Gasteiger partial charge in [0, 0.05) is 6.42 Å². The van der Waals surface area contributed by atoms with Crippen molar-refractivity contribution < 1.29 is 19.8 Å². The zero-order chi connectivity index (χ0) is 19.4. The molecule has 0 saturated heterocycles. The first-order valence-electron chi connectivity index (χ1n) is 8.85. The molecule has 0 heterocycles. The van der Waals surface area contributed by atoms with Crippen LogP contribution in [0.25, 0.3) is 0 Å². The molecule has 0 aliphatic heterocycles. The Balaban J connectivity index is 0. The fourth-order valence-corrected chi connectivity index (χ4v) is 2.13. The fraction of sp³-hybridized carbons (Fsp3) is 0.800. The van der Waals surface area contributed by atoms with Crippen LogP contribution in [0.3, 0.4) is 0 Å². The molecule has 0 saturated carbocycles. The van der Waals surface area contributed by atoms with Crippen molar-refractivity contribution >= 4 is 11.9 Å². The van der Waals surface area contributed by atoms with Crippen molar-refractivity contribution in [3.63, 3.8) is 0 Å². The molecule has 0 fully saturated rings. The van der Waals surface area contributed by atoms with Gasteiger partial charge in [-0.25, -0.2) is 0 Å². The van der Waals surface area contributed by atoms with Crippen molar-refractivity contribution in [3.8, 4) is 0 Å². The Morgan fingerprint density at radius 1 is 0.917 bits per heavy atom. The summed E-state index contributed by atoms with van der Waals surface area (Å²) in [6.45, 7) is 16.5. The molecule has 24 heavy (non-hydrogen) atoms. The van der Waals surface area contributed by atoms with Gasteiger partial charge < -0.3 is 10.2 Å². The van der Waals surface area contributed by atoms with Crippen molar-refractivity contribution in [3.05, 3.63) is 12.7 Å². The van der Waals surface area contributed by atoms with E-state index in [4.69, 9.17) is 10.2 Å². The van der Waals surface area contributed by atoms with E-state index in [-0.39, 0.29) is 5.92 Å². The van der Waals surface area contributed by atoms with E-state index >= 15 is 0 Å². The molecule has 0 aromatic rings. The van der Waals surface area contributed by atoms with Crippen LogP contribution in [0, 0.1) is 16.7 Å². The Bertz CT molecular complexity index is 372. The predicted molar refractivity (Wildman–Crippen MR) is 100 cm³/mol. The highest BCUT2D eigenvalue weighted by Gasteiger charge is 2.15. The summed E-state index contributed by atoms with van der Waals surface area (Å²) in [6.07, 6.45) is 7.50. The van der Waals surface area contributed by atoms with Crippen molar-refractivity contribution in [1.29, 1.82) is 0 Å². The van der Waals surface area contributed by atoms with Crippen LogP contribution >= 0.6 is 0 Å². The molecule has 0 aliphatic rings. The molecule has 0 spiro atoms. The van der Waals surface area contributed by atoms with E-state index in [0.29, 0.717) is 23.7 Å². The Kier molecular flexibility index (Phi) is 12.6. The van der Waals surface area contributed by atoms with Crippen molar-refractivity contribution in [2.24, 2.45) is 16.7 Å². The second kappa shape index (κ2) is 12.1. The first-order chi connectivity index (χ1) is 10.8. The van der Waals surface area contributed by atoms with Gasteiger partial charge in [0.05, 0.1) is 5.92 Å². The van der Waals surface area contributed by atoms with Gasteiger partial charge in [-0.2, -0.15) is 0 Å². The molecule has 4 heteroatoms. The largest absolute Gasteiger partial charge is 0.481 e. The lowest BCUT2D eigenvalue weighted by molar-refractivity contribution is -0.140. The number of hydrogen-bond donors (Lipinski definition) is 2. The highest BCUT2D eigenvalue weighted by atomic mass is 16.4. The molecule has 0 aromatic carbocycles. The maximum Gasteiger partial charge on any atom is 0.310 e. The standard InChI is InChI=1S/C11H20O2.C9H18O2/c1-5-9(10(12)13)7-6-8-11(2,3)4;1-9(2,3)7-5-4-6-8(10)11/h5,9H,1,6-8H2,2-4H3,(H,12,13);4-7H2,1-3H3,(H,10,11). The third-order valence-electron chi connectivity index (χ3n) is 3.61. The smallest absolute Gasteiger partial charge is 0.310 e. The summed E-state index contributed by atoms with van der Waals surface area (Å²) < 4.78 is 0. The van der Waals surface area contributed by atoms with Crippen LogP contribution < -0.4 is 0 Å². The summed E-state index contributed by atoms with van der Waals surface area (Å²) in [7, 11) is 0. The summed E-state index contributed by atoms with van der Waals surface area (Å²) in [5.41, 5.74) is 0.642. The molecular weight excluding hydrogens is 304 g/mol. The van der Waals surface area contributed by atoms with Crippen LogP contribution in [0.1, 0.15) is 86.5 Å². The molecule has 1 unspecified atom stereocenters. The van der Waals surface area contributed by atoms with Crippen molar-refractivity contribution in [2.45, 2.75) is 86.5 Å². The van der Waals surface area contributed by atoms with Gasteiger partial charge in [0.2, 0.25) is 0 Å².